The number of hydrogen-bond donors (Lipinski definition) is 1. The monoisotopic (exact) mass is 447 g/mol. The van der Waals surface area contributed by atoms with Crippen LogP contribution in [0.3, 0.4) is 0 Å². The summed E-state index contributed by atoms with van der Waals surface area (Å²) in [5.74, 6) is 0.554. The van der Waals surface area contributed by atoms with Crippen LogP contribution in [0.25, 0.3) is 0 Å². The molecular formula is C23H33N3O6. The van der Waals surface area contributed by atoms with E-state index in [1.54, 1.807) is 17.0 Å². The lowest BCUT2D eigenvalue weighted by molar-refractivity contribution is -0.131. The van der Waals surface area contributed by atoms with Crippen molar-refractivity contribution in [2.24, 2.45) is 5.92 Å². The number of rotatable bonds is 8. The molecule has 2 aliphatic rings. The minimum Gasteiger partial charge on any atom is -0.493 e. The Bertz CT molecular complexity index is 810. The fourth-order valence-corrected chi connectivity index (χ4v) is 4.27. The van der Waals surface area contributed by atoms with Gasteiger partial charge in [-0.05, 0) is 12.8 Å². The van der Waals surface area contributed by atoms with Crippen LogP contribution in [-0.2, 0) is 14.4 Å². The maximum absolute atomic E-state index is 12.6. The first-order valence-corrected chi connectivity index (χ1v) is 11.1. The van der Waals surface area contributed by atoms with E-state index in [-0.39, 0.29) is 43.7 Å². The third-order valence-electron chi connectivity index (χ3n) is 6.05. The summed E-state index contributed by atoms with van der Waals surface area (Å²) in [6.07, 6.45) is 4.81. The van der Waals surface area contributed by atoms with Crippen molar-refractivity contribution in [3.8, 4) is 17.2 Å². The van der Waals surface area contributed by atoms with Crippen LogP contribution in [0.1, 0.15) is 38.5 Å². The Labute approximate surface area is 189 Å². The van der Waals surface area contributed by atoms with Crippen LogP contribution < -0.4 is 24.4 Å². The van der Waals surface area contributed by atoms with E-state index in [1.165, 1.54) is 34.2 Å². The molecule has 1 unspecified atom stereocenters. The topological polar surface area (TPSA) is 97.4 Å². The standard InChI is InChI=1S/C23H33N3O6/c1-30-18-13-17(14-19(31-2)22(18)32-3)26-15-16(12-21(26)28)23(29)24-9-8-20(27)25-10-6-4-5-7-11-25/h13-14,16H,4-12,15H2,1-3H3,(H,24,29). The molecule has 32 heavy (non-hydrogen) atoms. The third kappa shape index (κ3) is 5.44. The van der Waals surface area contributed by atoms with Gasteiger partial charge in [0.15, 0.2) is 11.5 Å². The van der Waals surface area contributed by atoms with E-state index < -0.39 is 5.92 Å². The number of hydrogen-bond acceptors (Lipinski definition) is 6. The number of likely N-dealkylation sites (tertiary alicyclic amines) is 1. The number of ether oxygens (including phenoxy) is 3. The lowest BCUT2D eigenvalue weighted by Gasteiger charge is -2.21. The molecule has 2 fully saturated rings. The molecular weight excluding hydrogens is 414 g/mol. The van der Waals surface area contributed by atoms with Gasteiger partial charge in [-0.3, -0.25) is 14.4 Å². The number of benzene rings is 1. The Morgan fingerprint density at radius 1 is 1.00 bits per heavy atom. The molecule has 2 saturated heterocycles. The normalized spacial score (nSPS) is 18.8. The highest BCUT2D eigenvalue weighted by atomic mass is 16.5. The summed E-state index contributed by atoms with van der Waals surface area (Å²) in [5.41, 5.74) is 0.580. The quantitative estimate of drug-likeness (QED) is 0.655. The van der Waals surface area contributed by atoms with E-state index in [0.717, 1.165) is 25.9 Å². The summed E-state index contributed by atoms with van der Waals surface area (Å²) in [4.78, 5) is 41.1. The maximum atomic E-state index is 12.6. The van der Waals surface area contributed by atoms with E-state index in [0.29, 0.717) is 22.9 Å². The third-order valence-corrected chi connectivity index (χ3v) is 6.05. The number of nitrogens with zero attached hydrogens (tertiary/aromatic N) is 2. The van der Waals surface area contributed by atoms with Gasteiger partial charge in [-0.2, -0.15) is 0 Å². The zero-order valence-electron chi connectivity index (χ0n) is 19.1. The highest BCUT2D eigenvalue weighted by Crippen LogP contribution is 2.42. The molecule has 0 aliphatic carbocycles. The summed E-state index contributed by atoms with van der Waals surface area (Å²) in [6, 6.07) is 3.39. The smallest absolute Gasteiger partial charge is 0.227 e. The Morgan fingerprint density at radius 2 is 1.62 bits per heavy atom. The second-order valence-corrected chi connectivity index (χ2v) is 8.12. The predicted octanol–water partition coefficient (Wildman–Crippen LogP) is 1.97. The summed E-state index contributed by atoms with van der Waals surface area (Å²) < 4.78 is 16.1. The van der Waals surface area contributed by atoms with Crippen molar-refractivity contribution >= 4 is 23.4 Å². The van der Waals surface area contributed by atoms with Gasteiger partial charge < -0.3 is 29.3 Å². The number of anilines is 1. The van der Waals surface area contributed by atoms with Gasteiger partial charge in [0.1, 0.15) is 0 Å². The largest absolute Gasteiger partial charge is 0.493 e. The Balaban J connectivity index is 1.57. The van der Waals surface area contributed by atoms with E-state index >= 15 is 0 Å². The predicted molar refractivity (Wildman–Crippen MR) is 119 cm³/mol. The van der Waals surface area contributed by atoms with Gasteiger partial charge in [-0.25, -0.2) is 0 Å². The second-order valence-electron chi connectivity index (χ2n) is 8.12. The molecule has 0 radical (unpaired) electrons. The van der Waals surface area contributed by atoms with Crippen LogP contribution in [0.15, 0.2) is 12.1 Å². The molecule has 0 saturated carbocycles. The number of methoxy groups -OCH3 is 3. The van der Waals surface area contributed by atoms with Crippen LogP contribution in [0.2, 0.25) is 0 Å². The van der Waals surface area contributed by atoms with Crippen molar-refractivity contribution in [1.82, 2.24) is 10.2 Å². The molecule has 9 heteroatoms. The highest BCUT2D eigenvalue weighted by molar-refractivity contribution is 6.00. The van der Waals surface area contributed by atoms with Crippen LogP contribution in [-0.4, -0.2) is 70.1 Å². The summed E-state index contributed by atoms with van der Waals surface area (Å²) in [6.45, 7) is 2.13. The molecule has 1 N–H and O–H groups in total. The van der Waals surface area contributed by atoms with Gasteiger partial charge in [-0.1, -0.05) is 12.8 Å². The van der Waals surface area contributed by atoms with E-state index in [4.69, 9.17) is 14.2 Å². The Kier molecular flexibility index (Phi) is 8.19. The number of carbonyl (C=O) groups excluding carboxylic acids is 3. The van der Waals surface area contributed by atoms with E-state index in [9.17, 15) is 14.4 Å². The highest BCUT2D eigenvalue weighted by Gasteiger charge is 2.36. The van der Waals surface area contributed by atoms with Gasteiger partial charge in [0.25, 0.3) is 0 Å². The van der Waals surface area contributed by atoms with Gasteiger partial charge in [0.2, 0.25) is 23.5 Å². The van der Waals surface area contributed by atoms with Crippen molar-refractivity contribution in [2.75, 3.05) is 52.4 Å². The van der Waals surface area contributed by atoms with Gasteiger partial charge >= 0.3 is 0 Å². The van der Waals surface area contributed by atoms with Crippen LogP contribution in [0, 0.1) is 5.92 Å². The molecule has 9 nitrogen and oxygen atoms in total. The lowest BCUT2D eigenvalue weighted by Crippen LogP contribution is -2.37. The van der Waals surface area contributed by atoms with Crippen LogP contribution in [0.5, 0.6) is 17.2 Å². The molecule has 3 rings (SSSR count). The summed E-state index contributed by atoms with van der Waals surface area (Å²) in [7, 11) is 4.53. The van der Waals surface area contributed by atoms with Gasteiger partial charge in [0.05, 0.1) is 32.9 Å². The first-order valence-electron chi connectivity index (χ1n) is 11.1. The number of nitrogens with one attached hydrogen (secondary N) is 1. The first-order chi connectivity index (χ1) is 15.5. The average Bonchev–Trinajstić information content (AvgIpc) is 3.00. The van der Waals surface area contributed by atoms with Crippen molar-refractivity contribution in [3.63, 3.8) is 0 Å². The van der Waals surface area contributed by atoms with E-state index in [2.05, 4.69) is 5.32 Å². The van der Waals surface area contributed by atoms with Crippen LogP contribution >= 0.6 is 0 Å². The van der Waals surface area contributed by atoms with Crippen molar-refractivity contribution in [2.45, 2.75) is 38.5 Å². The van der Waals surface area contributed by atoms with Crippen LogP contribution in [0.4, 0.5) is 5.69 Å². The Hall–Kier alpha value is -2.97. The average molecular weight is 448 g/mol. The van der Waals surface area contributed by atoms with Gasteiger partial charge in [0, 0.05) is 51.2 Å². The molecule has 2 heterocycles. The summed E-state index contributed by atoms with van der Waals surface area (Å²) >= 11 is 0. The fraction of sp³-hybridized carbons (Fsp3) is 0.609. The Morgan fingerprint density at radius 3 is 2.19 bits per heavy atom. The molecule has 1 atom stereocenters. The first kappa shape index (κ1) is 23.7. The molecule has 0 aromatic heterocycles. The van der Waals surface area contributed by atoms with E-state index in [1.807, 2.05) is 4.90 Å². The second kappa shape index (κ2) is 11.1. The minimum absolute atomic E-state index is 0.0775. The molecule has 1 aromatic carbocycles. The summed E-state index contributed by atoms with van der Waals surface area (Å²) in [5, 5.41) is 2.83. The zero-order valence-corrected chi connectivity index (χ0v) is 19.1. The van der Waals surface area contributed by atoms with Gasteiger partial charge in [-0.15, -0.1) is 0 Å². The number of amides is 3. The van der Waals surface area contributed by atoms with Crippen molar-refractivity contribution < 1.29 is 28.6 Å². The molecule has 0 bridgehead atoms. The number of carbonyl (C=O) groups is 3. The molecule has 176 valence electrons. The van der Waals surface area contributed by atoms with Crippen molar-refractivity contribution in [3.05, 3.63) is 12.1 Å². The SMILES string of the molecule is COc1cc(N2CC(C(=O)NCCC(=O)N3CCCCCC3)CC2=O)cc(OC)c1OC. The molecule has 2 aliphatic heterocycles. The molecule has 1 aromatic rings. The zero-order chi connectivity index (χ0) is 23.1. The molecule has 3 amide bonds. The maximum Gasteiger partial charge on any atom is 0.227 e. The molecule has 0 spiro atoms. The fourth-order valence-electron chi connectivity index (χ4n) is 4.27. The minimum atomic E-state index is -0.477. The lowest BCUT2D eigenvalue weighted by atomic mass is 10.1. The van der Waals surface area contributed by atoms with Crippen molar-refractivity contribution in [1.29, 1.82) is 0 Å².